The van der Waals surface area contributed by atoms with Crippen LogP contribution in [0.2, 0.25) is 10.0 Å². The average molecular weight is 374 g/mol. The van der Waals surface area contributed by atoms with Crippen molar-refractivity contribution >= 4 is 52.2 Å². The van der Waals surface area contributed by atoms with Crippen molar-refractivity contribution < 1.29 is 4.79 Å². The van der Waals surface area contributed by atoms with Gasteiger partial charge in [-0.1, -0.05) is 47.5 Å². The summed E-state index contributed by atoms with van der Waals surface area (Å²) in [7, 11) is 0. The zero-order valence-corrected chi connectivity index (χ0v) is 14.3. The van der Waals surface area contributed by atoms with Gasteiger partial charge in [0, 0.05) is 5.69 Å². The standard InChI is InChI=1S/C17H13Cl2N5O/c18-12-7-4-8-13(19)16(12)21-14-9-10-15(24-23-14)22-17(25)20-11-5-2-1-3-6-11/h1-10H,(H,21,23)(H2,20,22,24,25). The van der Waals surface area contributed by atoms with Crippen LogP contribution in [-0.4, -0.2) is 16.2 Å². The van der Waals surface area contributed by atoms with Gasteiger partial charge >= 0.3 is 6.03 Å². The van der Waals surface area contributed by atoms with E-state index in [1.807, 2.05) is 18.2 Å². The van der Waals surface area contributed by atoms with Crippen molar-refractivity contribution in [3.63, 3.8) is 0 Å². The summed E-state index contributed by atoms with van der Waals surface area (Å²) in [6.07, 6.45) is 0. The smallest absolute Gasteiger partial charge is 0.324 e. The molecule has 25 heavy (non-hydrogen) atoms. The third-order valence-corrected chi connectivity index (χ3v) is 3.78. The lowest BCUT2D eigenvalue weighted by atomic mass is 10.3. The summed E-state index contributed by atoms with van der Waals surface area (Å²) in [6, 6.07) is 17.1. The number of anilines is 4. The van der Waals surface area contributed by atoms with Gasteiger partial charge in [-0.3, -0.25) is 5.32 Å². The van der Waals surface area contributed by atoms with Gasteiger partial charge in [0.15, 0.2) is 11.6 Å². The molecule has 3 N–H and O–H groups in total. The van der Waals surface area contributed by atoms with E-state index < -0.39 is 6.03 Å². The first-order valence-corrected chi connectivity index (χ1v) is 8.05. The molecule has 0 saturated heterocycles. The fraction of sp³-hybridized carbons (Fsp3) is 0. The Bertz CT molecular complexity index is 852. The van der Waals surface area contributed by atoms with Crippen molar-refractivity contribution in [3.8, 4) is 0 Å². The summed E-state index contributed by atoms with van der Waals surface area (Å²) < 4.78 is 0. The van der Waals surface area contributed by atoms with E-state index in [2.05, 4.69) is 26.1 Å². The lowest BCUT2D eigenvalue weighted by molar-refractivity contribution is 0.262. The number of halogens is 2. The summed E-state index contributed by atoms with van der Waals surface area (Å²) in [5.41, 5.74) is 1.22. The second-order valence-electron chi connectivity index (χ2n) is 4.97. The number of amides is 2. The first-order valence-electron chi connectivity index (χ1n) is 7.29. The van der Waals surface area contributed by atoms with E-state index in [4.69, 9.17) is 23.2 Å². The monoisotopic (exact) mass is 373 g/mol. The largest absolute Gasteiger partial charge is 0.336 e. The predicted octanol–water partition coefficient (Wildman–Crippen LogP) is 5.17. The van der Waals surface area contributed by atoms with Crippen LogP contribution in [0.15, 0.2) is 60.7 Å². The zero-order valence-electron chi connectivity index (χ0n) is 12.8. The molecule has 1 heterocycles. The van der Waals surface area contributed by atoms with Crippen LogP contribution >= 0.6 is 23.2 Å². The van der Waals surface area contributed by atoms with Crippen LogP contribution in [0.5, 0.6) is 0 Å². The summed E-state index contributed by atoms with van der Waals surface area (Å²) in [5.74, 6) is 0.758. The Morgan fingerprint density at radius 2 is 1.40 bits per heavy atom. The van der Waals surface area contributed by atoms with Crippen molar-refractivity contribution in [1.29, 1.82) is 0 Å². The molecule has 3 rings (SSSR count). The highest BCUT2D eigenvalue weighted by Gasteiger charge is 2.08. The van der Waals surface area contributed by atoms with E-state index in [9.17, 15) is 4.79 Å². The molecule has 0 unspecified atom stereocenters. The Balaban J connectivity index is 1.63. The van der Waals surface area contributed by atoms with Crippen LogP contribution in [0.3, 0.4) is 0 Å². The molecule has 3 aromatic rings. The second kappa shape index (κ2) is 7.83. The molecule has 2 aromatic carbocycles. The molecule has 0 aliphatic rings. The van der Waals surface area contributed by atoms with Crippen LogP contribution in [0, 0.1) is 0 Å². The first-order chi connectivity index (χ1) is 12.1. The van der Waals surface area contributed by atoms with E-state index in [1.54, 1.807) is 42.5 Å². The molecule has 0 radical (unpaired) electrons. The molecule has 2 amide bonds. The van der Waals surface area contributed by atoms with Gasteiger partial charge in [0.05, 0.1) is 15.7 Å². The molecule has 0 saturated carbocycles. The Morgan fingerprint density at radius 1 is 0.760 bits per heavy atom. The summed E-state index contributed by atoms with van der Waals surface area (Å²) in [6.45, 7) is 0. The van der Waals surface area contributed by atoms with E-state index >= 15 is 0 Å². The molecular weight excluding hydrogens is 361 g/mol. The Labute approximate surface area is 154 Å². The highest BCUT2D eigenvalue weighted by atomic mass is 35.5. The molecule has 0 aliphatic carbocycles. The number of carbonyl (C=O) groups excluding carboxylic acids is 1. The maximum absolute atomic E-state index is 11.9. The Morgan fingerprint density at radius 3 is 2.04 bits per heavy atom. The molecule has 0 spiro atoms. The number of carbonyl (C=O) groups is 1. The van der Waals surface area contributed by atoms with Gasteiger partial charge in [0.1, 0.15) is 0 Å². The van der Waals surface area contributed by atoms with Gasteiger partial charge in [-0.25, -0.2) is 4.79 Å². The molecule has 0 bridgehead atoms. The van der Waals surface area contributed by atoms with Gasteiger partial charge in [-0.05, 0) is 36.4 Å². The molecule has 0 atom stereocenters. The number of hydrogen-bond donors (Lipinski definition) is 3. The van der Waals surface area contributed by atoms with Crippen molar-refractivity contribution in [2.75, 3.05) is 16.0 Å². The first kappa shape index (κ1) is 17.0. The predicted molar refractivity (Wildman–Crippen MR) is 101 cm³/mol. The fourth-order valence-electron chi connectivity index (χ4n) is 2.01. The molecule has 0 aliphatic heterocycles. The van der Waals surface area contributed by atoms with E-state index in [0.29, 0.717) is 33.1 Å². The highest BCUT2D eigenvalue weighted by molar-refractivity contribution is 6.39. The number of nitrogens with zero attached hydrogens (tertiary/aromatic N) is 2. The quantitative estimate of drug-likeness (QED) is 0.589. The van der Waals surface area contributed by atoms with Crippen LogP contribution < -0.4 is 16.0 Å². The van der Waals surface area contributed by atoms with Gasteiger partial charge in [-0.15, -0.1) is 10.2 Å². The van der Waals surface area contributed by atoms with Crippen molar-refractivity contribution in [3.05, 3.63) is 70.7 Å². The van der Waals surface area contributed by atoms with Crippen molar-refractivity contribution in [2.45, 2.75) is 0 Å². The van der Waals surface area contributed by atoms with Gasteiger partial charge in [0.25, 0.3) is 0 Å². The Hall–Kier alpha value is -2.83. The number of urea groups is 1. The molecule has 126 valence electrons. The highest BCUT2D eigenvalue weighted by Crippen LogP contribution is 2.31. The van der Waals surface area contributed by atoms with Gasteiger partial charge in [-0.2, -0.15) is 0 Å². The average Bonchev–Trinajstić information content (AvgIpc) is 2.60. The maximum atomic E-state index is 11.9. The summed E-state index contributed by atoms with van der Waals surface area (Å²) >= 11 is 12.2. The lowest BCUT2D eigenvalue weighted by Gasteiger charge is -2.10. The number of nitrogens with one attached hydrogen (secondary N) is 3. The fourth-order valence-corrected chi connectivity index (χ4v) is 2.50. The molecule has 8 heteroatoms. The maximum Gasteiger partial charge on any atom is 0.324 e. The van der Waals surface area contributed by atoms with Gasteiger partial charge in [0.2, 0.25) is 0 Å². The van der Waals surface area contributed by atoms with Crippen LogP contribution in [0.4, 0.5) is 27.8 Å². The SMILES string of the molecule is O=C(Nc1ccccc1)Nc1ccc(Nc2c(Cl)cccc2Cl)nn1. The summed E-state index contributed by atoms with van der Waals surface area (Å²) in [5, 5.41) is 17.2. The lowest BCUT2D eigenvalue weighted by Crippen LogP contribution is -2.20. The van der Waals surface area contributed by atoms with E-state index in [-0.39, 0.29) is 0 Å². The molecular formula is C17H13Cl2N5O. The Kier molecular flexibility index (Phi) is 5.33. The topological polar surface area (TPSA) is 78.9 Å². The minimum Gasteiger partial charge on any atom is -0.336 e. The van der Waals surface area contributed by atoms with Crippen LogP contribution in [0.1, 0.15) is 0 Å². The van der Waals surface area contributed by atoms with Crippen LogP contribution in [0.25, 0.3) is 0 Å². The number of aromatic nitrogens is 2. The number of para-hydroxylation sites is 2. The molecule has 1 aromatic heterocycles. The minimum atomic E-state index is -0.407. The zero-order chi connectivity index (χ0) is 17.6. The second-order valence-corrected chi connectivity index (χ2v) is 5.79. The van der Waals surface area contributed by atoms with Gasteiger partial charge < -0.3 is 10.6 Å². The normalized spacial score (nSPS) is 10.2. The number of rotatable bonds is 4. The minimum absolute atomic E-state index is 0.309. The third kappa shape index (κ3) is 4.59. The molecule has 6 nitrogen and oxygen atoms in total. The van der Waals surface area contributed by atoms with E-state index in [1.165, 1.54) is 0 Å². The van der Waals surface area contributed by atoms with Crippen molar-refractivity contribution in [1.82, 2.24) is 10.2 Å². The van der Waals surface area contributed by atoms with Crippen molar-refractivity contribution in [2.24, 2.45) is 0 Å². The number of benzene rings is 2. The third-order valence-electron chi connectivity index (χ3n) is 3.15. The van der Waals surface area contributed by atoms with E-state index in [0.717, 1.165) is 0 Å². The number of hydrogen-bond acceptors (Lipinski definition) is 4. The van der Waals surface area contributed by atoms with Crippen LogP contribution in [-0.2, 0) is 0 Å². The molecule has 0 fully saturated rings. The summed E-state index contributed by atoms with van der Waals surface area (Å²) in [4.78, 5) is 11.9.